The Morgan fingerprint density at radius 3 is 2.75 bits per heavy atom. The summed E-state index contributed by atoms with van der Waals surface area (Å²) in [7, 11) is 0. The molecular weight excluding hydrogens is 310 g/mol. The number of rotatable bonds is 5. The molecule has 2 N–H and O–H groups in total. The van der Waals surface area contributed by atoms with Crippen LogP contribution in [0, 0.1) is 6.92 Å². The Bertz CT molecular complexity index is 811. The van der Waals surface area contributed by atoms with E-state index in [1.807, 2.05) is 0 Å². The van der Waals surface area contributed by atoms with Crippen LogP contribution in [0.4, 0.5) is 10.6 Å². The molecule has 0 saturated carbocycles. The lowest BCUT2D eigenvalue weighted by Crippen LogP contribution is -2.34. The fourth-order valence-corrected chi connectivity index (χ4v) is 2.25. The normalized spacial score (nSPS) is 10.5. The zero-order valence-electron chi connectivity index (χ0n) is 13.1. The molecule has 24 heavy (non-hydrogen) atoms. The van der Waals surface area contributed by atoms with E-state index in [2.05, 4.69) is 10.5 Å². The predicted octanol–water partition coefficient (Wildman–Crippen LogP) is 3.52. The van der Waals surface area contributed by atoms with E-state index in [9.17, 15) is 9.90 Å². The number of aryl methyl sites for hydroxylation is 1. The van der Waals surface area contributed by atoms with Crippen LogP contribution in [0.3, 0.4) is 0 Å². The molecule has 3 aromatic rings. The summed E-state index contributed by atoms with van der Waals surface area (Å²) in [5.74, 6) is 1.70. The van der Waals surface area contributed by atoms with Gasteiger partial charge in [-0.2, -0.15) is 0 Å². The first-order valence-corrected chi connectivity index (χ1v) is 7.40. The van der Waals surface area contributed by atoms with Crippen LogP contribution in [0.15, 0.2) is 57.7 Å². The number of nitrogens with one attached hydrogen (secondary N) is 1. The number of carbonyl (C=O) groups is 1. The molecule has 0 bridgehead atoms. The highest BCUT2D eigenvalue weighted by Gasteiger charge is 2.18. The van der Waals surface area contributed by atoms with Crippen molar-refractivity contribution in [1.82, 2.24) is 10.1 Å². The average Bonchev–Trinajstić information content (AvgIpc) is 3.20. The number of benzene rings is 1. The quantitative estimate of drug-likeness (QED) is 0.748. The summed E-state index contributed by atoms with van der Waals surface area (Å²) in [6, 6.07) is 11.7. The van der Waals surface area contributed by atoms with E-state index in [-0.39, 0.29) is 24.9 Å². The SMILES string of the molecule is Cc1cc(NC(=O)N(Cc2ccco2)Cc2ccccc2O)no1. The van der Waals surface area contributed by atoms with Crippen molar-refractivity contribution in [2.75, 3.05) is 5.32 Å². The first-order chi connectivity index (χ1) is 11.6. The van der Waals surface area contributed by atoms with E-state index in [0.29, 0.717) is 22.9 Å². The molecule has 3 rings (SSSR count). The van der Waals surface area contributed by atoms with Crippen LogP contribution in [0.2, 0.25) is 0 Å². The number of phenols is 1. The topological polar surface area (TPSA) is 91.7 Å². The second-order valence-corrected chi connectivity index (χ2v) is 5.32. The Morgan fingerprint density at radius 1 is 1.25 bits per heavy atom. The van der Waals surface area contributed by atoms with Crippen LogP contribution < -0.4 is 5.32 Å². The summed E-state index contributed by atoms with van der Waals surface area (Å²) >= 11 is 0. The van der Waals surface area contributed by atoms with Crippen molar-refractivity contribution in [3.63, 3.8) is 0 Å². The van der Waals surface area contributed by atoms with E-state index in [0.717, 1.165) is 0 Å². The standard InChI is InChI=1S/C17H17N3O4/c1-12-9-16(19-24-12)18-17(22)20(11-14-6-4-8-23-14)10-13-5-2-3-7-15(13)21/h2-9,21H,10-11H2,1H3,(H,18,19,22). The number of aromatic hydroxyl groups is 1. The Kier molecular flexibility index (Phi) is 4.51. The van der Waals surface area contributed by atoms with E-state index >= 15 is 0 Å². The molecule has 0 fully saturated rings. The van der Waals surface area contributed by atoms with Crippen LogP contribution >= 0.6 is 0 Å². The van der Waals surface area contributed by atoms with Crippen LogP contribution in [-0.4, -0.2) is 21.2 Å². The van der Waals surface area contributed by atoms with Gasteiger partial charge in [-0.3, -0.25) is 5.32 Å². The molecular formula is C17H17N3O4. The van der Waals surface area contributed by atoms with Crippen molar-refractivity contribution in [1.29, 1.82) is 0 Å². The van der Waals surface area contributed by atoms with E-state index in [4.69, 9.17) is 8.94 Å². The molecule has 7 heteroatoms. The number of hydrogen-bond acceptors (Lipinski definition) is 5. The second-order valence-electron chi connectivity index (χ2n) is 5.32. The van der Waals surface area contributed by atoms with Gasteiger partial charge in [0.05, 0.1) is 19.4 Å². The van der Waals surface area contributed by atoms with E-state index < -0.39 is 0 Å². The smallest absolute Gasteiger partial charge is 0.323 e. The number of urea groups is 1. The van der Waals surface area contributed by atoms with Gasteiger partial charge in [-0.05, 0) is 25.1 Å². The lowest BCUT2D eigenvalue weighted by Gasteiger charge is -2.22. The number of para-hydroxylation sites is 1. The van der Waals surface area contributed by atoms with E-state index in [1.54, 1.807) is 55.7 Å². The minimum Gasteiger partial charge on any atom is -0.508 e. The number of nitrogens with zero attached hydrogens (tertiary/aromatic N) is 2. The average molecular weight is 327 g/mol. The van der Waals surface area contributed by atoms with E-state index in [1.165, 1.54) is 4.90 Å². The summed E-state index contributed by atoms with van der Waals surface area (Å²) < 4.78 is 10.3. The van der Waals surface area contributed by atoms with Gasteiger partial charge < -0.3 is 18.9 Å². The molecule has 0 aliphatic heterocycles. The summed E-state index contributed by atoms with van der Waals surface area (Å²) in [5, 5.41) is 16.4. The molecule has 0 radical (unpaired) electrons. The zero-order valence-corrected chi connectivity index (χ0v) is 13.1. The predicted molar refractivity (Wildman–Crippen MR) is 86.3 cm³/mol. The highest BCUT2D eigenvalue weighted by atomic mass is 16.5. The van der Waals surface area contributed by atoms with Crippen molar-refractivity contribution in [2.45, 2.75) is 20.0 Å². The molecule has 2 heterocycles. The molecule has 124 valence electrons. The number of amides is 2. The minimum absolute atomic E-state index is 0.132. The maximum absolute atomic E-state index is 12.6. The summed E-state index contributed by atoms with van der Waals surface area (Å²) in [5.41, 5.74) is 0.635. The molecule has 7 nitrogen and oxygen atoms in total. The summed E-state index contributed by atoms with van der Waals surface area (Å²) in [6.07, 6.45) is 1.55. The Hall–Kier alpha value is -3.22. The van der Waals surface area contributed by atoms with Crippen molar-refractivity contribution in [3.05, 3.63) is 65.8 Å². The minimum atomic E-state index is -0.372. The highest BCUT2D eigenvalue weighted by Crippen LogP contribution is 2.20. The summed E-state index contributed by atoms with van der Waals surface area (Å²) in [6.45, 7) is 2.21. The van der Waals surface area contributed by atoms with Crippen molar-refractivity contribution in [3.8, 4) is 5.75 Å². The first-order valence-electron chi connectivity index (χ1n) is 7.40. The second kappa shape index (κ2) is 6.91. The number of phenolic OH excluding ortho intramolecular Hbond substituents is 1. The Labute approximate surface area is 138 Å². The van der Waals surface area contributed by atoms with Crippen LogP contribution in [0.1, 0.15) is 17.1 Å². The van der Waals surface area contributed by atoms with Crippen LogP contribution in [-0.2, 0) is 13.1 Å². The number of hydrogen-bond donors (Lipinski definition) is 2. The van der Waals surface area contributed by atoms with Gasteiger partial charge in [0, 0.05) is 11.6 Å². The monoisotopic (exact) mass is 327 g/mol. The van der Waals surface area contributed by atoms with Gasteiger partial charge in [-0.1, -0.05) is 23.4 Å². The third kappa shape index (κ3) is 3.75. The van der Waals surface area contributed by atoms with Crippen molar-refractivity contribution in [2.24, 2.45) is 0 Å². The molecule has 1 aromatic carbocycles. The van der Waals surface area contributed by atoms with Gasteiger partial charge >= 0.3 is 6.03 Å². The number of anilines is 1. The van der Waals surface area contributed by atoms with Crippen LogP contribution in [0.25, 0.3) is 0 Å². The van der Waals surface area contributed by atoms with Gasteiger partial charge in [0.25, 0.3) is 0 Å². The molecule has 2 amide bonds. The number of carbonyl (C=O) groups excluding carboxylic acids is 1. The fourth-order valence-electron chi connectivity index (χ4n) is 2.25. The first kappa shape index (κ1) is 15.7. The lowest BCUT2D eigenvalue weighted by atomic mass is 10.2. The van der Waals surface area contributed by atoms with Gasteiger partial charge in [-0.15, -0.1) is 0 Å². The number of aromatic nitrogens is 1. The highest BCUT2D eigenvalue weighted by molar-refractivity contribution is 5.88. The Balaban J connectivity index is 1.78. The Morgan fingerprint density at radius 2 is 2.08 bits per heavy atom. The third-order valence-electron chi connectivity index (χ3n) is 3.43. The zero-order chi connectivity index (χ0) is 16.9. The molecule has 0 atom stereocenters. The van der Waals surface area contributed by atoms with Gasteiger partial charge in [-0.25, -0.2) is 4.79 Å². The maximum atomic E-state index is 12.6. The van der Waals surface area contributed by atoms with Gasteiger partial charge in [0.2, 0.25) is 0 Å². The largest absolute Gasteiger partial charge is 0.508 e. The molecule has 0 spiro atoms. The molecule has 0 unspecified atom stereocenters. The summed E-state index contributed by atoms with van der Waals surface area (Å²) in [4.78, 5) is 14.1. The maximum Gasteiger partial charge on any atom is 0.323 e. The fraction of sp³-hybridized carbons (Fsp3) is 0.176. The van der Waals surface area contributed by atoms with Gasteiger partial charge in [0.1, 0.15) is 17.3 Å². The number of furan rings is 1. The van der Waals surface area contributed by atoms with Crippen molar-refractivity contribution < 1.29 is 18.8 Å². The molecule has 2 aromatic heterocycles. The molecule has 0 aliphatic carbocycles. The van der Waals surface area contributed by atoms with Crippen LogP contribution in [0.5, 0.6) is 5.75 Å². The lowest BCUT2D eigenvalue weighted by molar-refractivity contribution is 0.200. The molecule has 0 aliphatic rings. The third-order valence-corrected chi connectivity index (χ3v) is 3.43. The van der Waals surface area contributed by atoms with Crippen molar-refractivity contribution >= 4 is 11.8 Å². The molecule has 0 saturated heterocycles. The van der Waals surface area contributed by atoms with Gasteiger partial charge in [0.15, 0.2) is 5.82 Å².